The molecule has 3 rings (SSSR count). The summed E-state index contributed by atoms with van der Waals surface area (Å²) in [6.07, 6.45) is 4.94. The average molecular weight is 218 g/mol. The Balaban J connectivity index is 1.83. The first-order chi connectivity index (χ1) is 7.83. The van der Waals surface area contributed by atoms with Gasteiger partial charge in [0.05, 0.1) is 18.3 Å². The fourth-order valence-corrected chi connectivity index (χ4v) is 2.00. The van der Waals surface area contributed by atoms with Gasteiger partial charge >= 0.3 is 0 Å². The summed E-state index contributed by atoms with van der Waals surface area (Å²) in [5.41, 5.74) is 0.858. The predicted octanol–water partition coefficient (Wildman–Crippen LogP) is 1.32. The predicted molar refractivity (Wildman–Crippen MR) is 60.4 cm³/mol. The van der Waals surface area contributed by atoms with Gasteiger partial charge in [0, 0.05) is 18.9 Å². The van der Waals surface area contributed by atoms with E-state index >= 15 is 0 Å². The van der Waals surface area contributed by atoms with Gasteiger partial charge in [0.15, 0.2) is 5.65 Å². The van der Waals surface area contributed by atoms with Crippen LogP contribution in [-0.4, -0.2) is 33.4 Å². The normalized spacial score (nSPS) is 25.1. The Bertz CT molecular complexity index is 495. The van der Waals surface area contributed by atoms with Crippen molar-refractivity contribution in [1.29, 1.82) is 0 Å². The number of hydrogen-bond acceptors (Lipinski definition) is 4. The molecule has 0 aromatic carbocycles. The molecule has 0 bridgehead atoms. The first kappa shape index (κ1) is 9.59. The van der Waals surface area contributed by atoms with Gasteiger partial charge in [0.25, 0.3) is 0 Å². The molecule has 16 heavy (non-hydrogen) atoms. The zero-order chi connectivity index (χ0) is 11.0. The molecule has 1 aliphatic rings. The molecule has 1 N–H and O–H groups in total. The van der Waals surface area contributed by atoms with E-state index in [0.717, 1.165) is 24.5 Å². The van der Waals surface area contributed by atoms with Crippen molar-refractivity contribution in [3.05, 3.63) is 24.5 Å². The Morgan fingerprint density at radius 3 is 3.25 bits per heavy atom. The first-order valence-electron chi connectivity index (χ1n) is 5.51. The summed E-state index contributed by atoms with van der Waals surface area (Å²) in [7, 11) is 0. The van der Waals surface area contributed by atoms with Crippen LogP contribution in [0.4, 0.5) is 5.82 Å². The summed E-state index contributed by atoms with van der Waals surface area (Å²) in [6, 6.07) is 4.18. The monoisotopic (exact) mass is 218 g/mol. The molecule has 0 spiro atoms. The number of nitrogens with one attached hydrogen (secondary N) is 1. The molecule has 3 heterocycles. The van der Waals surface area contributed by atoms with Crippen LogP contribution in [-0.2, 0) is 4.74 Å². The molecule has 0 aliphatic carbocycles. The van der Waals surface area contributed by atoms with E-state index in [1.54, 1.807) is 10.7 Å². The first-order valence-corrected chi connectivity index (χ1v) is 5.51. The Morgan fingerprint density at radius 1 is 1.50 bits per heavy atom. The molecule has 84 valence electrons. The summed E-state index contributed by atoms with van der Waals surface area (Å²) in [5, 5.41) is 7.50. The molecule has 2 aromatic heterocycles. The molecule has 2 aromatic rings. The SMILES string of the molecule is CC1OCCC1Nc1ccn2nccc2n1. The maximum atomic E-state index is 5.50. The minimum atomic E-state index is 0.253. The fraction of sp³-hybridized carbons (Fsp3) is 0.455. The van der Waals surface area contributed by atoms with Crippen molar-refractivity contribution in [2.75, 3.05) is 11.9 Å². The van der Waals surface area contributed by atoms with Gasteiger partial charge in [0.2, 0.25) is 0 Å². The molecular weight excluding hydrogens is 204 g/mol. The van der Waals surface area contributed by atoms with Crippen LogP contribution in [0.3, 0.4) is 0 Å². The van der Waals surface area contributed by atoms with E-state index in [9.17, 15) is 0 Å². The number of nitrogens with zero attached hydrogens (tertiary/aromatic N) is 3. The Kier molecular flexibility index (Phi) is 2.25. The fourth-order valence-electron chi connectivity index (χ4n) is 2.00. The summed E-state index contributed by atoms with van der Waals surface area (Å²) in [6.45, 7) is 2.91. The van der Waals surface area contributed by atoms with Gasteiger partial charge in [-0.1, -0.05) is 0 Å². The average Bonchev–Trinajstić information content (AvgIpc) is 2.88. The maximum Gasteiger partial charge on any atom is 0.157 e. The van der Waals surface area contributed by atoms with Crippen LogP contribution in [0.25, 0.3) is 5.65 Å². The topological polar surface area (TPSA) is 51.5 Å². The van der Waals surface area contributed by atoms with Crippen LogP contribution in [0.5, 0.6) is 0 Å². The highest BCUT2D eigenvalue weighted by molar-refractivity contribution is 5.46. The van der Waals surface area contributed by atoms with Crippen LogP contribution >= 0.6 is 0 Å². The van der Waals surface area contributed by atoms with E-state index in [1.165, 1.54) is 0 Å². The lowest BCUT2D eigenvalue weighted by atomic mass is 10.1. The smallest absolute Gasteiger partial charge is 0.157 e. The van der Waals surface area contributed by atoms with Crippen LogP contribution in [0.15, 0.2) is 24.5 Å². The Hall–Kier alpha value is -1.62. The molecule has 0 radical (unpaired) electrons. The van der Waals surface area contributed by atoms with Gasteiger partial charge < -0.3 is 10.1 Å². The number of anilines is 1. The van der Waals surface area contributed by atoms with Gasteiger partial charge in [-0.25, -0.2) is 9.50 Å². The molecule has 2 atom stereocenters. The van der Waals surface area contributed by atoms with Gasteiger partial charge in [-0.3, -0.25) is 0 Å². The highest BCUT2D eigenvalue weighted by Crippen LogP contribution is 2.17. The van der Waals surface area contributed by atoms with Crippen molar-refractivity contribution in [2.45, 2.75) is 25.5 Å². The maximum absolute atomic E-state index is 5.50. The van der Waals surface area contributed by atoms with Crippen molar-refractivity contribution < 1.29 is 4.74 Å². The van der Waals surface area contributed by atoms with Crippen LogP contribution in [0, 0.1) is 0 Å². The Labute approximate surface area is 93.4 Å². The van der Waals surface area contributed by atoms with Crippen molar-refractivity contribution in [3.8, 4) is 0 Å². The molecule has 1 fully saturated rings. The van der Waals surface area contributed by atoms with Crippen molar-refractivity contribution in [3.63, 3.8) is 0 Å². The van der Waals surface area contributed by atoms with Crippen LogP contribution < -0.4 is 5.32 Å². The van der Waals surface area contributed by atoms with Crippen LogP contribution in [0.2, 0.25) is 0 Å². The lowest BCUT2D eigenvalue weighted by Gasteiger charge is -2.16. The minimum Gasteiger partial charge on any atom is -0.376 e. The molecule has 0 saturated carbocycles. The number of aromatic nitrogens is 3. The molecule has 5 heteroatoms. The molecule has 1 saturated heterocycles. The third kappa shape index (κ3) is 1.63. The quantitative estimate of drug-likeness (QED) is 0.826. The molecule has 0 amide bonds. The zero-order valence-electron chi connectivity index (χ0n) is 9.13. The Morgan fingerprint density at radius 2 is 2.44 bits per heavy atom. The largest absolute Gasteiger partial charge is 0.376 e. The lowest BCUT2D eigenvalue weighted by molar-refractivity contribution is 0.121. The number of ether oxygens (including phenoxy) is 1. The van der Waals surface area contributed by atoms with Gasteiger partial charge in [0.1, 0.15) is 5.82 Å². The number of hydrogen-bond donors (Lipinski definition) is 1. The molecule has 5 nitrogen and oxygen atoms in total. The summed E-state index contributed by atoms with van der Waals surface area (Å²) < 4.78 is 7.25. The summed E-state index contributed by atoms with van der Waals surface area (Å²) >= 11 is 0. The van der Waals surface area contributed by atoms with E-state index < -0.39 is 0 Å². The third-order valence-corrected chi connectivity index (χ3v) is 2.97. The lowest BCUT2D eigenvalue weighted by Crippen LogP contribution is -2.27. The van der Waals surface area contributed by atoms with Crippen LogP contribution in [0.1, 0.15) is 13.3 Å². The second kappa shape index (κ2) is 3.75. The van der Waals surface area contributed by atoms with Gasteiger partial charge in [-0.2, -0.15) is 5.10 Å². The molecule has 2 unspecified atom stereocenters. The summed E-state index contributed by atoms with van der Waals surface area (Å²) in [5.74, 6) is 0.885. The molecular formula is C11H14N4O. The highest BCUT2D eigenvalue weighted by Gasteiger charge is 2.24. The number of fused-ring (bicyclic) bond motifs is 1. The number of rotatable bonds is 2. The van der Waals surface area contributed by atoms with E-state index in [2.05, 4.69) is 22.3 Å². The standard InChI is InChI=1S/C11H14N4O/c1-8-9(4-7-16-8)13-10-3-6-15-11(14-10)2-5-12-15/h2-3,5-6,8-9H,4,7H2,1H3,(H,13,14). The third-order valence-electron chi connectivity index (χ3n) is 2.97. The van der Waals surface area contributed by atoms with E-state index in [1.807, 2.05) is 18.3 Å². The van der Waals surface area contributed by atoms with E-state index in [-0.39, 0.29) is 6.10 Å². The van der Waals surface area contributed by atoms with E-state index in [4.69, 9.17) is 4.74 Å². The highest BCUT2D eigenvalue weighted by atomic mass is 16.5. The van der Waals surface area contributed by atoms with Crippen molar-refractivity contribution in [1.82, 2.24) is 14.6 Å². The van der Waals surface area contributed by atoms with Crippen molar-refractivity contribution >= 4 is 11.5 Å². The van der Waals surface area contributed by atoms with E-state index in [0.29, 0.717) is 6.04 Å². The summed E-state index contributed by atoms with van der Waals surface area (Å²) in [4.78, 5) is 4.47. The second-order valence-corrected chi connectivity index (χ2v) is 4.06. The molecule has 1 aliphatic heterocycles. The van der Waals surface area contributed by atoms with Gasteiger partial charge in [-0.15, -0.1) is 0 Å². The van der Waals surface area contributed by atoms with Gasteiger partial charge in [-0.05, 0) is 19.4 Å². The minimum absolute atomic E-state index is 0.253. The van der Waals surface area contributed by atoms with Crippen molar-refractivity contribution in [2.24, 2.45) is 0 Å². The zero-order valence-corrected chi connectivity index (χ0v) is 9.13. The second-order valence-electron chi connectivity index (χ2n) is 4.06.